The molecule has 2 aromatic carbocycles. The number of para-hydroxylation sites is 1. The Kier molecular flexibility index (Phi) is 8.19. The Morgan fingerprint density at radius 3 is 2.73 bits per heavy atom. The Morgan fingerprint density at radius 1 is 1.12 bits per heavy atom. The molecule has 0 heterocycles. The molecule has 0 radical (unpaired) electrons. The van der Waals surface area contributed by atoms with Crippen molar-refractivity contribution >= 4 is 17.9 Å². The van der Waals surface area contributed by atoms with Gasteiger partial charge in [-0.2, -0.15) is 5.10 Å². The normalized spacial score (nSPS) is 10.8. The summed E-state index contributed by atoms with van der Waals surface area (Å²) in [7, 11) is 0. The number of aromatic carboxylic acids is 1. The average molecular weight is 354 g/mol. The van der Waals surface area contributed by atoms with E-state index >= 15 is 0 Å². The summed E-state index contributed by atoms with van der Waals surface area (Å²) in [6.07, 6.45) is 7.68. The third-order valence-electron chi connectivity index (χ3n) is 3.93. The first kappa shape index (κ1) is 19.5. The van der Waals surface area contributed by atoms with Gasteiger partial charge < -0.3 is 9.84 Å². The van der Waals surface area contributed by atoms with Gasteiger partial charge in [-0.3, -0.25) is 5.43 Å². The molecular weight excluding hydrogens is 328 g/mol. The largest absolute Gasteiger partial charge is 0.493 e. The molecule has 0 saturated heterocycles. The molecule has 0 spiro atoms. The SMILES string of the molecule is CCCCCCCOc1ccccc1/C=N/Nc1cccc(C(=O)O)c1. The monoisotopic (exact) mass is 354 g/mol. The lowest BCUT2D eigenvalue weighted by atomic mass is 10.2. The van der Waals surface area contributed by atoms with Crippen molar-refractivity contribution in [2.45, 2.75) is 39.0 Å². The fourth-order valence-electron chi connectivity index (χ4n) is 2.50. The summed E-state index contributed by atoms with van der Waals surface area (Å²) in [6, 6.07) is 14.3. The summed E-state index contributed by atoms with van der Waals surface area (Å²) in [4.78, 5) is 11.0. The first-order valence-electron chi connectivity index (χ1n) is 9.05. The Hall–Kier alpha value is -2.82. The van der Waals surface area contributed by atoms with Gasteiger partial charge in [-0.1, -0.05) is 50.8 Å². The maximum absolute atomic E-state index is 11.0. The van der Waals surface area contributed by atoms with Crippen molar-refractivity contribution in [1.82, 2.24) is 0 Å². The molecule has 0 aliphatic rings. The van der Waals surface area contributed by atoms with E-state index in [2.05, 4.69) is 17.5 Å². The van der Waals surface area contributed by atoms with Gasteiger partial charge >= 0.3 is 5.97 Å². The van der Waals surface area contributed by atoms with Crippen LogP contribution in [0.3, 0.4) is 0 Å². The van der Waals surface area contributed by atoms with Gasteiger partial charge in [0.05, 0.1) is 24.1 Å². The first-order valence-corrected chi connectivity index (χ1v) is 9.05. The smallest absolute Gasteiger partial charge is 0.335 e. The number of hydrogen-bond donors (Lipinski definition) is 2. The quantitative estimate of drug-likeness (QED) is 0.331. The summed E-state index contributed by atoms with van der Waals surface area (Å²) in [5.41, 5.74) is 4.57. The van der Waals surface area contributed by atoms with Crippen molar-refractivity contribution in [3.63, 3.8) is 0 Å². The maximum Gasteiger partial charge on any atom is 0.335 e. The number of hydrazone groups is 1. The number of anilines is 1. The predicted octanol–water partition coefficient (Wildman–Crippen LogP) is 5.18. The van der Waals surface area contributed by atoms with E-state index in [4.69, 9.17) is 9.84 Å². The minimum Gasteiger partial charge on any atom is -0.493 e. The van der Waals surface area contributed by atoms with Gasteiger partial charge in [0.25, 0.3) is 0 Å². The van der Waals surface area contributed by atoms with Gasteiger partial charge in [-0.25, -0.2) is 4.79 Å². The summed E-state index contributed by atoms with van der Waals surface area (Å²) in [5.74, 6) is -0.164. The van der Waals surface area contributed by atoms with Crippen LogP contribution < -0.4 is 10.2 Å². The number of nitrogens with one attached hydrogen (secondary N) is 1. The highest BCUT2D eigenvalue weighted by Gasteiger charge is 2.03. The van der Waals surface area contributed by atoms with Crippen molar-refractivity contribution < 1.29 is 14.6 Å². The molecule has 26 heavy (non-hydrogen) atoms. The van der Waals surface area contributed by atoms with Crippen LogP contribution in [0.2, 0.25) is 0 Å². The van der Waals surface area contributed by atoms with E-state index in [1.807, 2.05) is 24.3 Å². The molecule has 2 N–H and O–H groups in total. The minimum absolute atomic E-state index is 0.219. The minimum atomic E-state index is -0.963. The topological polar surface area (TPSA) is 70.9 Å². The molecule has 0 fully saturated rings. The van der Waals surface area contributed by atoms with Crippen molar-refractivity contribution in [2.24, 2.45) is 5.10 Å². The number of unbranched alkanes of at least 4 members (excludes halogenated alkanes) is 4. The number of carboxylic acids is 1. The van der Waals surface area contributed by atoms with Crippen molar-refractivity contribution in [3.8, 4) is 5.75 Å². The second-order valence-electron chi connectivity index (χ2n) is 6.06. The van der Waals surface area contributed by atoms with E-state index in [9.17, 15) is 4.79 Å². The average Bonchev–Trinajstić information content (AvgIpc) is 2.66. The molecule has 138 valence electrons. The van der Waals surface area contributed by atoms with E-state index in [-0.39, 0.29) is 5.56 Å². The molecule has 2 rings (SSSR count). The second-order valence-corrected chi connectivity index (χ2v) is 6.06. The van der Waals surface area contributed by atoms with E-state index in [1.165, 1.54) is 25.7 Å². The number of carboxylic acid groups (broad SMARTS) is 1. The first-order chi connectivity index (χ1) is 12.7. The van der Waals surface area contributed by atoms with Crippen LogP contribution in [0.1, 0.15) is 54.9 Å². The Labute approximate surface area is 154 Å². The molecule has 2 aromatic rings. The number of rotatable bonds is 11. The van der Waals surface area contributed by atoms with E-state index in [1.54, 1.807) is 30.5 Å². The summed E-state index contributed by atoms with van der Waals surface area (Å²) < 4.78 is 5.87. The highest BCUT2D eigenvalue weighted by Crippen LogP contribution is 2.17. The summed E-state index contributed by atoms with van der Waals surface area (Å²) in [5, 5.41) is 13.2. The zero-order valence-corrected chi connectivity index (χ0v) is 15.1. The van der Waals surface area contributed by atoms with Crippen LogP contribution in [-0.2, 0) is 0 Å². The van der Waals surface area contributed by atoms with Gasteiger partial charge in [0.15, 0.2) is 0 Å². The number of hydrogen-bond acceptors (Lipinski definition) is 4. The van der Waals surface area contributed by atoms with Crippen molar-refractivity contribution in [2.75, 3.05) is 12.0 Å². The molecule has 0 amide bonds. The molecule has 0 aliphatic heterocycles. The molecule has 0 bridgehead atoms. The van der Waals surface area contributed by atoms with Gasteiger partial charge in [0.2, 0.25) is 0 Å². The fourth-order valence-corrected chi connectivity index (χ4v) is 2.50. The Bertz CT molecular complexity index is 729. The molecule has 5 nitrogen and oxygen atoms in total. The zero-order chi connectivity index (χ0) is 18.6. The van der Waals surface area contributed by atoms with Crippen LogP contribution in [0.5, 0.6) is 5.75 Å². The second kappa shape index (κ2) is 10.9. The number of nitrogens with zero attached hydrogens (tertiary/aromatic N) is 1. The predicted molar refractivity (Wildman–Crippen MR) is 105 cm³/mol. The summed E-state index contributed by atoms with van der Waals surface area (Å²) >= 11 is 0. The molecule has 0 unspecified atom stereocenters. The molecular formula is C21H26N2O3. The highest BCUT2D eigenvalue weighted by atomic mass is 16.5. The fraction of sp³-hybridized carbons (Fsp3) is 0.333. The lowest BCUT2D eigenvalue weighted by Crippen LogP contribution is -2.01. The Balaban J connectivity index is 1.89. The van der Waals surface area contributed by atoms with E-state index in [0.717, 1.165) is 17.7 Å². The van der Waals surface area contributed by atoms with Crippen LogP contribution in [0.25, 0.3) is 0 Å². The van der Waals surface area contributed by atoms with Gasteiger partial charge in [-0.15, -0.1) is 0 Å². The maximum atomic E-state index is 11.0. The third-order valence-corrected chi connectivity index (χ3v) is 3.93. The van der Waals surface area contributed by atoms with Gasteiger partial charge in [0.1, 0.15) is 5.75 Å². The van der Waals surface area contributed by atoms with E-state index < -0.39 is 5.97 Å². The summed E-state index contributed by atoms with van der Waals surface area (Å²) in [6.45, 7) is 2.90. The highest BCUT2D eigenvalue weighted by molar-refractivity contribution is 5.89. The lowest BCUT2D eigenvalue weighted by molar-refractivity contribution is 0.0697. The standard InChI is InChI=1S/C21H26N2O3/c1-2-3-4-5-8-14-26-20-13-7-6-10-18(20)16-22-23-19-12-9-11-17(15-19)21(24)25/h6-7,9-13,15-16,23H,2-5,8,14H2,1H3,(H,24,25)/b22-16+. The third kappa shape index (κ3) is 6.59. The molecule has 5 heteroatoms. The lowest BCUT2D eigenvalue weighted by Gasteiger charge is -2.09. The van der Waals surface area contributed by atoms with Gasteiger partial charge in [-0.05, 0) is 36.8 Å². The Morgan fingerprint density at radius 2 is 1.92 bits per heavy atom. The number of benzene rings is 2. The van der Waals surface area contributed by atoms with Gasteiger partial charge in [0, 0.05) is 5.56 Å². The van der Waals surface area contributed by atoms with Crippen molar-refractivity contribution in [3.05, 3.63) is 59.7 Å². The van der Waals surface area contributed by atoms with Crippen LogP contribution in [-0.4, -0.2) is 23.9 Å². The van der Waals surface area contributed by atoms with Crippen LogP contribution in [0, 0.1) is 0 Å². The van der Waals surface area contributed by atoms with E-state index in [0.29, 0.717) is 12.3 Å². The van der Waals surface area contributed by atoms with Crippen molar-refractivity contribution in [1.29, 1.82) is 0 Å². The molecule has 0 aromatic heterocycles. The molecule has 0 atom stereocenters. The zero-order valence-electron chi connectivity index (χ0n) is 15.1. The van der Waals surface area contributed by atoms with Crippen LogP contribution in [0.15, 0.2) is 53.6 Å². The van der Waals surface area contributed by atoms with Crippen LogP contribution >= 0.6 is 0 Å². The number of carbonyl (C=O) groups is 1. The van der Waals surface area contributed by atoms with Crippen LogP contribution in [0.4, 0.5) is 5.69 Å². The molecule has 0 aliphatic carbocycles. The number of ether oxygens (including phenoxy) is 1. The molecule has 0 saturated carbocycles.